The summed E-state index contributed by atoms with van der Waals surface area (Å²) in [6.07, 6.45) is 11.2. The molecule has 0 radical (unpaired) electrons. The van der Waals surface area contributed by atoms with Gasteiger partial charge in [0, 0.05) is 32.0 Å². The van der Waals surface area contributed by atoms with Crippen molar-refractivity contribution in [1.29, 1.82) is 0 Å². The molecule has 0 amide bonds. The van der Waals surface area contributed by atoms with Crippen LogP contribution in [0.4, 0.5) is 0 Å². The van der Waals surface area contributed by atoms with Crippen molar-refractivity contribution in [3.8, 4) is 0 Å². The predicted molar refractivity (Wildman–Crippen MR) is 74.6 cm³/mol. The van der Waals surface area contributed by atoms with Gasteiger partial charge in [0.15, 0.2) is 5.96 Å². The highest BCUT2D eigenvalue weighted by atomic mass is 15.2. The van der Waals surface area contributed by atoms with Crippen molar-refractivity contribution >= 4 is 5.96 Å². The topological polar surface area (TPSA) is 49.3 Å². The molecule has 0 unspecified atom stereocenters. The van der Waals surface area contributed by atoms with Gasteiger partial charge in [-0.25, -0.2) is 0 Å². The lowest BCUT2D eigenvalue weighted by molar-refractivity contribution is 0.633. The fourth-order valence-corrected chi connectivity index (χ4v) is 1.99. The van der Waals surface area contributed by atoms with Gasteiger partial charge in [-0.15, -0.1) is 0 Å². The molecule has 0 bridgehead atoms. The predicted octanol–water partition coefficient (Wildman–Crippen LogP) is 1.51. The molecular weight excluding hydrogens is 224 g/mol. The van der Waals surface area contributed by atoms with Crippen LogP contribution in [0.15, 0.2) is 41.7 Å². The number of hydrogen-bond donors (Lipinski definition) is 2. The van der Waals surface area contributed by atoms with Crippen LogP contribution in [0, 0.1) is 0 Å². The number of aromatic nitrogens is 1. The molecule has 18 heavy (non-hydrogen) atoms. The van der Waals surface area contributed by atoms with E-state index in [-0.39, 0.29) is 0 Å². The molecule has 0 spiro atoms. The van der Waals surface area contributed by atoms with Gasteiger partial charge in [0.1, 0.15) is 0 Å². The molecule has 0 aromatic carbocycles. The van der Waals surface area contributed by atoms with Gasteiger partial charge in [-0.2, -0.15) is 0 Å². The Labute approximate surface area is 108 Å². The zero-order valence-electron chi connectivity index (χ0n) is 10.8. The van der Waals surface area contributed by atoms with Crippen LogP contribution in [-0.2, 0) is 6.42 Å². The van der Waals surface area contributed by atoms with E-state index in [2.05, 4.69) is 38.8 Å². The van der Waals surface area contributed by atoms with Gasteiger partial charge in [0.05, 0.1) is 0 Å². The number of hydrogen-bond acceptors (Lipinski definition) is 2. The van der Waals surface area contributed by atoms with Crippen molar-refractivity contribution in [3.05, 3.63) is 42.2 Å². The zero-order valence-corrected chi connectivity index (χ0v) is 10.8. The zero-order chi connectivity index (χ0) is 12.6. The van der Waals surface area contributed by atoms with Gasteiger partial charge in [-0.05, 0) is 30.9 Å². The Hall–Kier alpha value is -1.84. The van der Waals surface area contributed by atoms with Crippen molar-refractivity contribution in [2.45, 2.75) is 25.3 Å². The van der Waals surface area contributed by atoms with Crippen LogP contribution < -0.4 is 10.6 Å². The van der Waals surface area contributed by atoms with Crippen LogP contribution in [0.2, 0.25) is 0 Å². The molecule has 96 valence electrons. The van der Waals surface area contributed by atoms with Crippen molar-refractivity contribution in [2.75, 3.05) is 13.6 Å². The lowest BCUT2D eigenvalue weighted by Gasteiger charge is -2.16. The van der Waals surface area contributed by atoms with Crippen molar-refractivity contribution in [1.82, 2.24) is 15.6 Å². The van der Waals surface area contributed by atoms with E-state index in [1.807, 2.05) is 19.3 Å². The van der Waals surface area contributed by atoms with Gasteiger partial charge in [-0.1, -0.05) is 18.2 Å². The van der Waals surface area contributed by atoms with Crippen LogP contribution >= 0.6 is 0 Å². The van der Waals surface area contributed by atoms with Crippen LogP contribution in [0.1, 0.15) is 18.4 Å². The number of rotatable bonds is 4. The minimum absolute atomic E-state index is 0.495. The molecular formula is C14H20N4. The Bertz CT molecular complexity index is 403. The van der Waals surface area contributed by atoms with E-state index >= 15 is 0 Å². The monoisotopic (exact) mass is 244 g/mol. The molecule has 1 heterocycles. The Morgan fingerprint density at radius 3 is 2.94 bits per heavy atom. The maximum atomic E-state index is 4.23. The first-order chi connectivity index (χ1) is 8.88. The largest absolute Gasteiger partial charge is 0.356 e. The fourth-order valence-electron chi connectivity index (χ4n) is 1.99. The molecule has 0 fully saturated rings. The lowest BCUT2D eigenvalue weighted by atomic mass is 10.2. The highest BCUT2D eigenvalue weighted by molar-refractivity contribution is 5.80. The SMILES string of the molecule is CN=C(NCCc1cccnc1)NC1CC=CC1. The molecule has 1 aromatic rings. The van der Waals surface area contributed by atoms with Gasteiger partial charge >= 0.3 is 0 Å². The quantitative estimate of drug-likeness (QED) is 0.479. The molecule has 2 rings (SSSR count). The van der Waals surface area contributed by atoms with Gasteiger partial charge < -0.3 is 10.6 Å². The fraction of sp³-hybridized carbons (Fsp3) is 0.429. The summed E-state index contributed by atoms with van der Waals surface area (Å²) in [5.74, 6) is 0.882. The summed E-state index contributed by atoms with van der Waals surface area (Å²) >= 11 is 0. The van der Waals surface area contributed by atoms with E-state index in [1.165, 1.54) is 5.56 Å². The minimum Gasteiger partial charge on any atom is -0.356 e. The number of pyridine rings is 1. The van der Waals surface area contributed by atoms with Gasteiger partial charge in [0.25, 0.3) is 0 Å². The second-order valence-corrected chi connectivity index (χ2v) is 4.39. The highest BCUT2D eigenvalue weighted by Crippen LogP contribution is 2.08. The first kappa shape index (κ1) is 12.6. The van der Waals surface area contributed by atoms with Crippen molar-refractivity contribution in [3.63, 3.8) is 0 Å². The molecule has 0 saturated heterocycles. The van der Waals surface area contributed by atoms with E-state index in [0.717, 1.165) is 31.8 Å². The standard InChI is InChI=1S/C14H20N4/c1-15-14(18-13-6-2-3-7-13)17-10-8-12-5-4-9-16-11-12/h2-5,9,11,13H,6-8,10H2,1H3,(H2,15,17,18). The summed E-state index contributed by atoms with van der Waals surface area (Å²) in [4.78, 5) is 8.34. The number of nitrogens with one attached hydrogen (secondary N) is 2. The van der Waals surface area contributed by atoms with E-state index < -0.39 is 0 Å². The van der Waals surface area contributed by atoms with Crippen LogP contribution in [0.5, 0.6) is 0 Å². The highest BCUT2D eigenvalue weighted by Gasteiger charge is 2.10. The second-order valence-electron chi connectivity index (χ2n) is 4.39. The summed E-state index contributed by atoms with van der Waals surface area (Å²) in [6.45, 7) is 0.867. The number of guanidine groups is 1. The summed E-state index contributed by atoms with van der Waals surface area (Å²) in [6, 6.07) is 4.55. The molecule has 1 aliphatic carbocycles. The third-order valence-corrected chi connectivity index (χ3v) is 3.00. The maximum Gasteiger partial charge on any atom is 0.191 e. The molecule has 4 heteroatoms. The van der Waals surface area contributed by atoms with Crippen molar-refractivity contribution in [2.24, 2.45) is 4.99 Å². The normalized spacial score (nSPS) is 15.9. The summed E-state index contributed by atoms with van der Waals surface area (Å²) < 4.78 is 0. The average molecular weight is 244 g/mol. The Kier molecular flexibility index (Phi) is 4.76. The molecule has 0 aliphatic heterocycles. The molecule has 0 saturated carbocycles. The van der Waals surface area contributed by atoms with E-state index in [0.29, 0.717) is 6.04 Å². The maximum absolute atomic E-state index is 4.23. The van der Waals surface area contributed by atoms with Crippen LogP contribution in [0.3, 0.4) is 0 Å². The summed E-state index contributed by atoms with van der Waals surface area (Å²) in [7, 11) is 1.81. The Morgan fingerprint density at radius 1 is 1.44 bits per heavy atom. The first-order valence-electron chi connectivity index (χ1n) is 6.39. The second kappa shape index (κ2) is 6.79. The molecule has 4 nitrogen and oxygen atoms in total. The van der Waals surface area contributed by atoms with Crippen molar-refractivity contribution < 1.29 is 0 Å². The van der Waals surface area contributed by atoms with E-state index in [9.17, 15) is 0 Å². The molecule has 0 atom stereocenters. The Morgan fingerprint density at radius 2 is 2.28 bits per heavy atom. The van der Waals surface area contributed by atoms with Crippen LogP contribution in [-0.4, -0.2) is 30.6 Å². The smallest absolute Gasteiger partial charge is 0.191 e. The molecule has 2 N–H and O–H groups in total. The van der Waals surface area contributed by atoms with Crippen LogP contribution in [0.25, 0.3) is 0 Å². The number of aliphatic imine (C=N–C) groups is 1. The molecule has 1 aliphatic rings. The van der Waals surface area contributed by atoms with E-state index in [4.69, 9.17) is 0 Å². The summed E-state index contributed by atoms with van der Waals surface area (Å²) in [5, 5.41) is 6.74. The van der Waals surface area contributed by atoms with E-state index in [1.54, 1.807) is 6.20 Å². The summed E-state index contributed by atoms with van der Waals surface area (Å²) in [5.41, 5.74) is 1.24. The van der Waals surface area contributed by atoms with Gasteiger partial charge in [-0.3, -0.25) is 9.98 Å². The lowest BCUT2D eigenvalue weighted by Crippen LogP contribution is -2.43. The van der Waals surface area contributed by atoms with Gasteiger partial charge in [0.2, 0.25) is 0 Å². The number of nitrogens with zero attached hydrogens (tertiary/aromatic N) is 2. The first-order valence-corrected chi connectivity index (χ1v) is 6.39. The third kappa shape index (κ3) is 3.87. The average Bonchev–Trinajstić information content (AvgIpc) is 2.92. The molecule has 1 aromatic heterocycles. The third-order valence-electron chi connectivity index (χ3n) is 3.00. The minimum atomic E-state index is 0.495. The Balaban J connectivity index is 1.71.